The normalized spacial score (nSPS) is 23.2. The third kappa shape index (κ3) is 1.22. The average Bonchev–Trinajstić information content (AvgIpc) is 2.50. The van der Waals surface area contributed by atoms with Crippen LogP contribution in [0.25, 0.3) is 0 Å². The van der Waals surface area contributed by atoms with Gasteiger partial charge in [0.2, 0.25) is 0 Å². The maximum atomic E-state index is 2.31. The minimum atomic E-state index is 0.888. The Morgan fingerprint density at radius 2 is 2.55 bits per heavy atom. The molecule has 0 nitrogen and oxygen atoms in total. The highest BCUT2D eigenvalue weighted by atomic mass is 32.1. The number of rotatable bonds is 1. The summed E-state index contributed by atoms with van der Waals surface area (Å²) in [6.07, 6.45) is 5.48. The molecule has 0 bridgehead atoms. The Morgan fingerprint density at radius 3 is 3.36 bits per heavy atom. The van der Waals surface area contributed by atoms with E-state index in [1.165, 1.54) is 25.7 Å². The molecule has 0 fully saturated rings. The smallest absolute Gasteiger partial charge is 0.0108 e. The predicted molar refractivity (Wildman–Crippen MR) is 50.3 cm³/mol. The predicted octanol–water partition coefficient (Wildman–Crippen LogP) is 3.58. The molecule has 0 aromatic carbocycles. The van der Waals surface area contributed by atoms with Crippen LogP contribution in [0.5, 0.6) is 0 Å². The highest BCUT2D eigenvalue weighted by molar-refractivity contribution is 7.10. The van der Waals surface area contributed by atoms with Crippen molar-refractivity contribution in [3.05, 3.63) is 21.9 Å². The molecule has 1 heteroatoms. The van der Waals surface area contributed by atoms with Gasteiger partial charge >= 0.3 is 0 Å². The Labute approximate surface area is 72.3 Å². The first-order valence-corrected chi connectivity index (χ1v) is 5.36. The summed E-state index contributed by atoms with van der Waals surface area (Å²) in [7, 11) is 0. The Kier molecular flexibility index (Phi) is 1.99. The summed E-state index contributed by atoms with van der Waals surface area (Å²) in [4.78, 5) is 1.68. The van der Waals surface area contributed by atoms with Gasteiger partial charge in [-0.3, -0.25) is 0 Å². The molecule has 0 radical (unpaired) electrons. The zero-order valence-corrected chi connectivity index (χ0v) is 7.79. The van der Waals surface area contributed by atoms with Gasteiger partial charge in [-0.25, -0.2) is 0 Å². The standard InChI is InChI=1S/C10H14S/c1-2-8-4-3-5-9-6-7-11-10(8)9/h6-8H,2-5H2,1H3. The van der Waals surface area contributed by atoms with E-state index in [0.29, 0.717) is 0 Å². The van der Waals surface area contributed by atoms with Gasteiger partial charge in [-0.2, -0.15) is 0 Å². The zero-order valence-electron chi connectivity index (χ0n) is 6.97. The summed E-state index contributed by atoms with van der Waals surface area (Å²) in [6.45, 7) is 2.31. The van der Waals surface area contributed by atoms with Crippen LogP contribution in [-0.2, 0) is 6.42 Å². The highest BCUT2D eigenvalue weighted by Crippen LogP contribution is 2.37. The summed E-state index contributed by atoms with van der Waals surface area (Å²) in [5, 5.41) is 2.25. The second-order valence-electron chi connectivity index (χ2n) is 3.31. The molecule has 0 saturated carbocycles. The van der Waals surface area contributed by atoms with Crippen LogP contribution in [0.2, 0.25) is 0 Å². The van der Waals surface area contributed by atoms with Crippen LogP contribution in [0.15, 0.2) is 11.4 Å². The first-order chi connectivity index (χ1) is 5.42. The van der Waals surface area contributed by atoms with E-state index in [1.54, 1.807) is 10.4 Å². The fourth-order valence-corrected chi connectivity index (χ4v) is 3.15. The molecule has 0 saturated heterocycles. The third-order valence-electron chi connectivity index (χ3n) is 2.64. The van der Waals surface area contributed by atoms with E-state index >= 15 is 0 Å². The van der Waals surface area contributed by atoms with Crippen molar-refractivity contribution >= 4 is 11.3 Å². The van der Waals surface area contributed by atoms with Gasteiger partial charge in [-0.15, -0.1) is 11.3 Å². The fourth-order valence-electron chi connectivity index (χ4n) is 1.97. The number of hydrogen-bond acceptors (Lipinski definition) is 1. The van der Waals surface area contributed by atoms with Gasteiger partial charge in [-0.05, 0) is 48.6 Å². The van der Waals surface area contributed by atoms with Crippen molar-refractivity contribution in [2.45, 2.75) is 38.5 Å². The topological polar surface area (TPSA) is 0 Å². The van der Waals surface area contributed by atoms with Gasteiger partial charge in [0.05, 0.1) is 0 Å². The first kappa shape index (κ1) is 7.35. The van der Waals surface area contributed by atoms with Gasteiger partial charge < -0.3 is 0 Å². The van der Waals surface area contributed by atoms with E-state index in [-0.39, 0.29) is 0 Å². The van der Waals surface area contributed by atoms with Gasteiger partial charge in [0.25, 0.3) is 0 Å². The van der Waals surface area contributed by atoms with E-state index in [0.717, 1.165) is 5.92 Å². The Balaban J connectivity index is 2.32. The fraction of sp³-hybridized carbons (Fsp3) is 0.600. The summed E-state index contributed by atoms with van der Waals surface area (Å²) in [6, 6.07) is 2.31. The largest absolute Gasteiger partial charge is 0.148 e. The number of hydrogen-bond donors (Lipinski definition) is 0. The third-order valence-corrected chi connectivity index (χ3v) is 3.76. The molecule has 0 N–H and O–H groups in total. The molecular weight excluding hydrogens is 152 g/mol. The van der Waals surface area contributed by atoms with Crippen LogP contribution in [0.4, 0.5) is 0 Å². The SMILES string of the molecule is CCC1CCCc2ccsc21. The summed E-state index contributed by atoms with van der Waals surface area (Å²) in [5.74, 6) is 0.888. The van der Waals surface area contributed by atoms with Crippen LogP contribution in [0.1, 0.15) is 42.5 Å². The molecule has 2 rings (SSSR count). The van der Waals surface area contributed by atoms with Crippen molar-refractivity contribution in [1.29, 1.82) is 0 Å². The van der Waals surface area contributed by atoms with Crippen LogP contribution in [-0.4, -0.2) is 0 Å². The number of thiophene rings is 1. The zero-order chi connectivity index (χ0) is 7.68. The van der Waals surface area contributed by atoms with Gasteiger partial charge in [-0.1, -0.05) is 6.92 Å². The molecule has 11 heavy (non-hydrogen) atoms. The van der Waals surface area contributed by atoms with Crippen molar-refractivity contribution in [3.63, 3.8) is 0 Å². The Bertz CT molecular complexity index is 237. The molecule has 1 aromatic heterocycles. The molecule has 1 atom stereocenters. The monoisotopic (exact) mass is 166 g/mol. The lowest BCUT2D eigenvalue weighted by molar-refractivity contribution is 0.550. The number of fused-ring (bicyclic) bond motifs is 1. The maximum absolute atomic E-state index is 2.31. The molecule has 1 unspecified atom stereocenters. The van der Waals surface area contributed by atoms with E-state index in [1.807, 2.05) is 11.3 Å². The van der Waals surface area contributed by atoms with Crippen LogP contribution < -0.4 is 0 Å². The van der Waals surface area contributed by atoms with Crippen molar-refractivity contribution in [2.24, 2.45) is 0 Å². The molecule has 0 aliphatic heterocycles. The quantitative estimate of drug-likeness (QED) is 0.598. The van der Waals surface area contributed by atoms with Crippen molar-refractivity contribution < 1.29 is 0 Å². The number of aryl methyl sites for hydroxylation is 1. The van der Waals surface area contributed by atoms with Crippen LogP contribution >= 0.6 is 11.3 Å². The van der Waals surface area contributed by atoms with E-state index in [4.69, 9.17) is 0 Å². The maximum Gasteiger partial charge on any atom is 0.0108 e. The molecule has 60 valence electrons. The van der Waals surface area contributed by atoms with E-state index < -0.39 is 0 Å². The average molecular weight is 166 g/mol. The summed E-state index contributed by atoms with van der Waals surface area (Å²) < 4.78 is 0. The van der Waals surface area contributed by atoms with Crippen molar-refractivity contribution in [2.75, 3.05) is 0 Å². The van der Waals surface area contributed by atoms with Crippen LogP contribution in [0, 0.1) is 0 Å². The Hall–Kier alpha value is -0.300. The lowest BCUT2D eigenvalue weighted by atomic mass is 9.88. The van der Waals surface area contributed by atoms with E-state index in [2.05, 4.69) is 18.4 Å². The lowest BCUT2D eigenvalue weighted by Crippen LogP contribution is -2.05. The van der Waals surface area contributed by atoms with Gasteiger partial charge in [0.1, 0.15) is 0 Å². The minimum Gasteiger partial charge on any atom is -0.148 e. The molecule has 1 heterocycles. The van der Waals surface area contributed by atoms with E-state index in [9.17, 15) is 0 Å². The molecule has 0 amide bonds. The van der Waals surface area contributed by atoms with Crippen LogP contribution in [0.3, 0.4) is 0 Å². The van der Waals surface area contributed by atoms with Crippen molar-refractivity contribution in [3.8, 4) is 0 Å². The second kappa shape index (κ2) is 2.98. The molecule has 1 aliphatic rings. The second-order valence-corrected chi connectivity index (χ2v) is 4.26. The highest BCUT2D eigenvalue weighted by Gasteiger charge is 2.18. The summed E-state index contributed by atoms with van der Waals surface area (Å²) >= 11 is 1.96. The minimum absolute atomic E-state index is 0.888. The van der Waals surface area contributed by atoms with Gasteiger partial charge in [0, 0.05) is 4.88 Å². The molecule has 1 aliphatic carbocycles. The summed E-state index contributed by atoms with van der Waals surface area (Å²) in [5.41, 5.74) is 1.63. The van der Waals surface area contributed by atoms with Gasteiger partial charge in [0.15, 0.2) is 0 Å². The molecular formula is C10H14S. The first-order valence-electron chi connectivity index (χ1n) is 4.48. The van der Waals surface area contributed by atoms with Crippen molar-refractivity contribution in [1.82, 2.24) is 0 Å². The lowest BCUT2D eigenvalue weighted by Gasteiger charge is -2.20. The Morgan fingerprint density at radius 1 is 1.64 bits per heavy atom. The molecule has 0 spiro atoms. The molecule has 1 aromatic rings.